The van der Waals surface area contributed by atoms with Gasteiger partial charge in [-0.15, -0.1) is 0 Å². The molecule has 0 bridgehead atoms. The third-order valence-electron chi connectivity index (χ3n) is 11.2. The fourth-order valence-corrected chi connectivity index (χ4v) is 7.96. The minimum absolute atomic E-state index is 0.0726. The molecule has 0 aliphatic rings. The highest BCUT2D eigenvalue weighted by Crippen LogP contribution is 2.33. The Bertz CT molecular complexity index is 3580. The van der Waals surface area contributed by atoms with E-state index in [9.17, 15) is 28.4 Å². The van der Waals surface area contributed by atoms with Crippen LogP contribution in [-0.2, 0) is 10.2 Å². The summed E-state index contributed by atoms with van der Waals surface area (Å²) in [6.45, 7) is 11.9. The van der Waals surface area contributed by atoms with Crippen molar-refractivity contribution in [3.8, 4) is 34.4 Å². The second-order valence-corrected chi connectivity index (χ2v) is 19.8. The van der Waals surface area contributed by atoms with Gasteiger partial charge in [-0.25, -0.2) is 28.1 Å². The number of aromatic nitrogens is 6. The Kier molecular flexibility index (Phi) is 19.1. The molecule has 0 fully saturated rings. The number of nitrogens with zero attached hydrogens (tertiary/aromatic N) is 6. The molecule has 0 saturated carbocycles. The van der Waals surface area contributed by atoms with Crippen molar-refractivity contribution in [2.75, 3.05) is 42.0 Å². The van der Waals surface area contributed by atoms with E-state index in [1.54, 1.807) is 90.5 Å². The third-order valence-corrected chi connectivity index (χ3v) is 12.0. The molecule has 0 radical (unpaired) electrons. The lowest BCUT2D eigenvalue weighted by Crippen LogP contribution is -2.22. The molecule has 20 nitrogen and oxygen atoms in total. The Hall–Kier alpha value is -9.05. The third kappa shape index (κ3) is 15.4. The summed E-state index contributed by atoms with van der Waals surface area (Å²) in [5.74, 6) is 0.165. The molecule has 4 aromatic carbocycles. The van der Waals surface area contributed by atoms with Crippen LogP contribution >= 0.6 is 34.8 Å². The van der Waals surface area contributed by atoms with Gasteiger partial charge in [0.05, 0.1) is 51.3 Å². The first-order valence-electron chi connectivity index (χ1n) is 24.5. The number of pyridine rings is 2. The Morgan fingerprint density at radius 1 is 0.613 bits per heavy atom. The van der Waals surface area contributed by atoms with Gasteiger partial charge in [0.25, 0.3) is 11.8 Å². The fourth-order valence-electron chi connectivity index (χ4n) is 7.23. The molecule has 414 valence electrons. The molecule has 80 heavy (non-hydrogen) atoms. The van der Waals surface area contributed by atoms with E-state index in [-0.39, 0.29) is 57.6 Å². The highest BCUT2D eigenvalue weighted by atomic mass is 35.5. The number of rotatable bonds is 15. The average Bonchev–Trinajstić information content (AvgIpc) is 4.09. The van der Waals surface area contributed by atoms with Gasteiger partial charge in [0, 0.05) is 78.3 Å². The van der Waals surface area contributed by atoms with Gasteiger partial charge >= 0.3 is 18.0 Å². The topological polar surface area (TPSA) is 247 Å². The van der Waals surface area contributed by atoms with Crippen LogP contribution in [0, 0.1) is 5.82 Å². The molecule has 8 rings (SSSR count). The maximum absolute atomic E-state index is 14.8. The SMILES string of the molecule is CCOC(=O)c1cccc(-n2nc(C(C)(C)C)cc2NC(=O)Nc2ccc(Oc3ccnc(C(=O)NC)c3)cc2Cl)c1.CNC(=O)c1cc(Oc2ccc(NC(=O)Nc3cc(C(C)C)nn3-c3cc(Cl)cc(Cl)c3)c(F)c2)ccn1. The van der Waals surface area contributed by atoms with Gasteiger partial charge in [0.2, 0.25) is 0 Å². The lowest BCUT2D eigenvalue weighted by molar-refractivity contribution is 0.0526. The summed E-state index contributed by atoms with van der Waals surface area (Å²) in [6, 6.07) is 28.8. The Labute approximate surface area is 474 Å². The number of amides is 6. The van der Waals surface area contributed by atoms with Gasteiger partial charge in [0.15, 0.2) is 0 Å². The summed E-state index contributed by atoms with van der Waals surface area (Å²) in [5, 5.41) is 26.0. The number of carbonyl (C=O) groups excluding carboxylic acids is 5. The number of esters is 1. The molecule has 0 saturated heterocycles. The predicted molar refractivity (Wildman–Crippen MR) is 304 cm³/mol. The summed E-state index contributed by atoms with van der Waals surface area (Å²) < 4.78 is 34.4. The number of anilines is 4. The van der Waals surface area contributed by atoms with E-state index in [1.165, 1.54) is 61.5 Å². The van der Waals surface area contributed by atoms with Crippen LogP contribution in [0.5, 0.6) is 23.0 Å². The molecule has 24 heteroatoms. The van der Waals surface area contributed by atoms with E-state index in [0.29, 0.717) is 61.6 Å². The zero-order valence-electron chi connectivity index (χ0n) is 44.4. The van der Waals surface area contributed by atoms with E-state index in [4.69, 9.17) is 54.1 Å². The zero-order valence-corrected chi connectivity index (χ0v) is 46.6. The molecule has 0 unspecified atom stereocenters. The molecule has 0 aliphatic carbocycles. The maximum atomic E-state index is 14.8. The fraction of sp³-hybridized carbons (Fsp3) is 0.196. The number of ether oxygens (including phenoxy) is 3. The Balaban J connectivity index is 0.000000232. The molecular weight excluding hydrogens is 1090 g/mol. The van der Waals surface area contributed by atoms with E-state index in [2.05, 4.69) is 47.0 Å². The number of hydrogen-bond donors (Lipinski definition) is 6. The summed E-state index contributed by atoms with van der Waals surface area (Å²) in [6.07, 6.45) is 2.87. The number of hydrogen-bond acceptors (Lipinski definition) is 12. The van der Waals surface area contributed by atoms with Crippen molar-refractivity contribution in [2.45, 2.75) is 52.9 Å². The average molecular weight is 1150 g/mol. The smallest absolute Gasteiger partial charge is 0.338 e. The van der Waals surface area contributed by atoms with Crippen molar-refractivity contribution < 1.29 is 42.6 Å². The van der Waals surface area contributed by atoms with E-state index < -0.39 is 23.8 Å². The summed E-state index contributed by atoms with van der Waals surface area (Å²) in [4.78, 5) is 69.7. The molecule has 8 aromatic rings. The van der Waals surface area contributed by atoms with Gasteiger partial charge in [-0.05, 0) is 85.6 Å². The largest absolute Gasteiger partial charge is 0.462 e. The van der Waals surface area contributed by atoms with Gasteiger partial charge < -0.3 is 35.5 Å². The lowest BCUT2D eigenvalue weighted by Gasteiger charge is -2.14. The zero-order chi connectivity index (χ0) is 57.8. The lowest BCUT2D eigenvalue weighted by atomic mass is 9.92. The van der Waals surface area contributed by atoms with Crippen molar-refractivity contribution >= 4 is 87.7 Å². The highest BCUT2D eigenvalue weighted by Gasteiger charge is 2.23. The van der Waals surface area contributed by atoms with Gasteiger partial charge in [-0.1, -0.05) is 75.5 Å². The predicted octanol–water partition coefficient (Wildman–Crippen LogP) is 12.8. The van der Waals surface area contributed by atoms with Gasteiger partial charge in [-0.3, -0.25) is 30.2 Å². The van der Waals surface area contributed by atoms with E-state index in [1.807, 2.05) is 34.6 Å². The normalized spacial score (nSPS) is 10.9. The number of urea groups is 2. The molecule has 0 atom stereocenters. The molecule has 0 aliphatic heterocycles. The van der Waals surface area contributed by atoms with Gasteiger partial charge in [0.1, 0.15) is 51.8 Å². The van der Waals surface area contributed by atoms with E-state index >= 15 is 0 Å². The number of carbonyl (C=O) groups is 5. The molecule has 0 spiro atoms. The molecule has 4 aromatic heterocycles. The minimum atomic E-state index is -0.726. The van der Waals surface area contributed by atoms with Crippen molar-refractivity contribution in [3.63, 3.8) is 0 Å². The molecular formula is C56H54Cl3FN12O8. The van der Waals surface area contributed by atoms with Crippen molar-refractivity contribution in [2.24, 2.45) is 0 Å². The number of halogens is 4. The minimum Gasteiger partial charge on any atom is -0.462 e. The van der Waals surface area contributed by atoms with Crippen LogP contribution < -0.4 is 41.4 Å². The number of nitrogens with one attached hydrogen (secondary N) is 6. The first-order chi connectivity index (χ1) is 38.1. The Morgan fingerprint density at radius 3 is 1.69 bits per heavy atom. The van der Waals surface area contributed by atoms with Crippen LogP contribution in [0.1, 0.15) is 90.2 Å². The van der Waals surface area contributed by atoms with E-state index in [0.717, 1.165) is 17.5 Å². The number of benzene rings is 4. The van der Waals surface area contributed by atoms with Crippen molar-refractivity contribution in [1.29, 1.82) is 0 Å². The van der Waals surface area contributed by atoms with Crippen LogP contribution in [0.2, 0.25) is 15.1 Å². The second-order valence-electron chi connectivity index (χ2n) is 18.6. The second kappa shape index (κ2) is 26.1. The quantitative estimate of drug-likeness (QED) is 0.0525. The van der Waals surface area contributed by atoms with Crippen LogP contribution in [0.3, 0.4) is 0 Å². The first-order valence-corrected chi connectivity index (χ1v) is 25.7. The summed E-state index contributed by atoms with van der Waals surface area (Å²) in [7, 11) is 3.00. The van der Waals surface area contributed by atoms with Crippen molar-refractivity contribution in [1.82, 2.24) is 40.2 Å². The monoisotopic (exact) mass is 1150 g/mol. The first kappa shape index (κ1) is 58.6. The van der Waals surface area contributed by atoms with Crippen LogP contribution in [-0.4, -0.2) is 80.1 Å². The van der Waals surface area contributed by atoms with Crippen LogP contribution in [0.25, 0.3) is 11.4 Å². The van der Waals surface area contributed by atoms with Crippen LogP contribution in [0.15, 0.2) is 128 Å². The maximum Gasteiger partial charge on any atom is 0.338 e. The highest BCUT2D eigenvalue weighted by molar-refractivity contribution is 6.35. The van der Waals surface area contributed by atoms with Gasteiger partial charge in [-0.2, -0.15) is 10.2 Å². The summed E-state index contributed by atoms with van der Waals surface area (Å²) >= 11 is 18.7. The van der Waals surface area contributed by atoms with Crippen LogP contribution in [0.4, 0.5) is 37.0 Å². The summed E-state index contributed by atoms with van der Waals surface area (Å²) in [5.41, 5.74) is 3.25. The standard InChI is InChI=1S/C30H31ClN6O5.C26H23Cl2FN6O3/c1-6-41-28(39)18-8-7-9-19(14-18)37-26(17-25(36-37)30(2,3)4)35-29(40)34-23-11-10-20(15-22(23)31)42-21-12-13-33-24(16-21)27(38)32-5;1-14(2)22-13-24(35(34-22)17-9-15(27)8-16(28)10-17)33-26(37)32-21-5-4-18(11-20(21)29)38-19-6-7-31-23(12-19)25(36)30-3/h7-17H,6H2,1-5H3,(H,32,38)(H2,34,35,40);4-14H,1-3H3,(H,30,36)(H2,32,33,37). The molecule has 6 N–H and O–H groups in total. The molecule has 4 heterocycles. The Morgan fingerprint density at radius 2 is 1.15 bits per heavy atom. The van der Waals surface area contributed by atoms with Crippen molar-refractivity contribution in [3.05, 3.63) is 177 Å². The molecule has 6 amide bonds.